The van der Waals surface area contributed by atoms with Crippen LogP contribution < -0.4 is 5.32 Å². The van der Waals surface area contributed by atoms with E-state index in [2.05, 4.69) is 5.32 Å². The molecule has 0 fully saturated rings. The normalized spacial score (nSPS) is 10.4. The molecule has 2 amide bonds. The third-order valence-corrected chi connectivity index (χ3v) is 4.02. The highest BCUT2D eigenvalue weighted by molar-refractivity contribution is 6.39. The molecular weight excluding hydrogens is 373 g/mol. The number of hydrogen-bond donors (Lipinski definition) is 1. The van der Waals surface area contributed by atoms with Gasteiger partial charge in [-0.15, -0.1) is 0 Å². The van der Waals surface area contributed by atoms with Crippen molar-refractivity contribution in [1.82, 2.24) is 4.90 Å². The zero-order chi connectivity index (χ0) is 18.6. The maximum Gasteiger partial charge on any atom is 0.257 e. The zero-order valence-corrected chi connectivity index (χ0v) is 14.7. The summed E-state index contributed by atoms with van der Waals surface area (Å²) < 4.78 is 26.7. The van der Waals surface area contributed by atoms with Crippen molar-refractivity contribution < 1.29 is 18.4 Å². The van der Waals surface area contributed by atoms with Gasteiger partial charge in [0.15, 0.2) is 0 Å². The first kappa shape index (κ1) is 19.1. The van der Waals surface area contributed by atoms with Crippen LogP contribution in [0.15, 0.2) is 36.4 Å². The fourth-order valence-corrected chi connectivity index (χ4v) is 2.62. The fraction of sp³-hybridized carbons (Fsp3) is 0.176. The number of nitrogens with zero attached hydrogens (tertiary/aromatic N) is 1. The maximum atomic E-state index is 13.8. The SMILES string of the molecule is CCN(CC(=O)Nc1c(Cl)cccc1Cl)C(=O)c1ccc(F)cc1F. The van der Waals surface area contributed by atoms with Gasteiger partial charge in [-0.2, -0.15) is 0 Å². The van der Waals surface area contributed by atoms with E-state index < -0.39 is 23.4 Å². The molecule has 2 aromatic carbocycles. The van der Waals surface area contributed by atoms with Crippen LogP contribution in [0.2, 0.25) is 10.0 Å². The lowest BCUT2D eigenvalue weighted by Crippen LogP contribution is -2.38. The summed E-state index contributed by atoms with van der Waals surface area (Å²) in [6, 6.07) is 7.37. The number of nitrogens with one attached hydrogen (secondary N) is 1. The lowest BCUT2D eigenvalue weighted by molar-refractivity contribution is -0.116. The van der Waals surface area contributed by atoms with Crippen LogP contribution in [0.4, 0.5) is 14.5 Å². The number of halogens is 4. The van der Waals surface area contributed by atoms with Gasteiger partial charge in [0.2, 0.25) is 5.91 Å². The van der Waals surface area contributed by atoms with Gasteiger partial charge in [0.05, 0.1) is 21.3 Å². The Morgan fingerprint density at radius 1 is 1.12 bits per heavy atom. The molecule has 0 aliphatic carbocycles. The van der Waals surface area contributed by atoms with Crippen molar-refractivity contribution >= 4 is 40.7 Å². The smallest absolute Gasteiger partial charge is 0.257 e. The number of carbonyl (C=O) groups excluding carboxylic acids is 2. The Morgan fingerprint density at radius 2 is 1.76 bits per heavy atom. The van der Waals surface area contributed by atoms with Crippen LogP contribution in [0.3, 0.4) is 0 Å². The first-order valence-corrected chi connectivity index (χ1v) is 8.07. The number of amides is 2. The van der Waals surface area contributed by atoms with Crippen molar-refractivity contribution in [3.63, 3.8) is 0 Å². The van der Waals surface area contributed by atoms with Crippen LogP contribution in [0, 0.1) is 11.6 Å². The summed E-state index contributed by atoms with van der Waals surface area (Å²) in [4.78, 5) is 25.7. The molecule has 0 heterocycles. The summed E-state index contributed by atoms with van der Waals surface area (Å²) >= 11 is 11.9. The molecule has 0 aliphatic rings. The molecule has 0 aliphatic heterocycles. The quantitative estimate of drug-likeness (QED) is 0.828. The molecule has 1 N–H and O–H groups in total. The van der Waals surface area contributed by atoms with Crippen molar-refractivity contribution in [3.05, 3.63) is 63.6 Å². The average Bonchev–Trinajstić information content (AvgIpc) is 2.55. The number of para-hydroxylation sites is 1. The highest BCUT2D eigenvalue weighted by Crippen LogP contribution is 2.29. The first-order chi connectivity index (χ1) is 11.8. The molecular formula is C17H14Cl2F2N2O2. The zero-order valence-electron chi connectivity index (χ0n) is 13.2. The highest BCUT2D eigenvalue weighted by Gasteiger charge is 2.21. The summed E-state index contributed by atoms with van der Waals surface area (Å²) in [6.45, 7) is 1.45. The lowest BCUT2D eigenvalue weighted by Gasteiger charge is -2.21. The third kappa shape index (κ3) is 4.67. The molecule has 4 nitrogen and oxygen atoms in total. The largest absolute Gasteiger partial charge is 0.330 e. The minimum atomic E-state index is -0.988. The van der Waals surface area contributed by atoms with E-state index in [0.29, 0.717) is 6.07 Å². The average molecular weight is 387 g/mol. The van der Waals surface area contributed by atoms with Gasteiger partial charge in [-0.1, -0.05) is 29.3 Å². The number of carbonyl (C=O) groups is 2. The van der Waals surface area contributed by atoms with E-state index in [9.17, 15) is 18.4 Å². The van der Waals surface area contributed by atoms with Gasteiger partial charge in [-0.25, -0.2) is 8.78 Å². The summed E-state index contributed by atoms with van der Waals surface area (Å²) in [5, 5.41) is 3.02. The second-order valence-electron chi connectivity index (χ2n) is 5.09. The molecule has 0 saturated carbocycles. The Bertz CT molecular complexity index is 795. The second kappa shape index (κ2) is 8.27. The van der Waals surface area contributed by atoms with Gasteiger partial charge in [-0.3, -0.25) is 9.59 Å². The maximum absolute atomic E-state index is 13.8. The van der Waals surface area contributed by atoms with Crippen LogP contribution in [0.5, 0.6) is 0 Å². The number of hydrogen-bond acceptors (Lipinski definition) is 2. The Kier molecular flexibility index (Phi) is 6.33. The van der Waals surface area contributed by atoms with Crippen LogP contribution in [0.25, 0.3) is 0 Å². The monoisotopic (exact) mass is 386 g/mol. The van der Waals surface area contributed by atoms with Gasteiger partial charge in [0.25, 0.3) is 5.91 Å². The van der Waals surface area contributed by atoms with E-state index in [4.69, 9.17) is 23.2 Å². The standard InChI is InChI=1S/C17H14Cl2F2N2O2/c1-2-23(17(25)11-7-6-10(20)8-14(11)21)9-15(24)22-16-12(18)4-3-5-13(16)19/h3-8H,2,9H2,1H3,(H,22,24). The van der Waals surface area contributed by atoms with E-state index in [1.165, 1.54) is 0 Å². The minimum absolute atomic E-state index is 0.152. The van der Waals surface area contributed by atoms with Crippen molar-refractivity contribution in [2.75, 3.05) is 18.4 Å². The highest BCUT2D eigenvalue weighted by atomic mass is 35.5. The number of rotatable bonds is 5. The molecule has 0 saturated heterocycles. The van der Waals surface area contributed by atoms with E-state index in [1.807, 2.05) is 0 Å². The molecule has 2 rings (SSSR count). The molecule has 2 aromatic rings. The van der Waals surface area contributed by atoms with E-state index in [1.54, 1.807) is 25.1 Å². The van der Waals surface area contributed by atoms with Crippen molar-refractivity contribution in [2.24, 2.45) is 0 Å². The number of anilines is 1. The molecule has 0 aromatic heterocycles. The Morgan fingerprint density at radius 3 is 2.32 bits per heavy atom. The Labute approximate surface area is 153 Å². The molecule has 0 spiro atoms. The minimum Gasteiger partial charge on any atom is -0.330 e. The van der Waals surface area contributed by atoms with Crippen molar-refractivity contribution in [2.45, 2.75) is 6.92 Å². The predicted molar refractivity (Wildman–Crippen MR) is 93.0 cm³/mol. The molecule has 0 bridgehead atoms. The van der Waals surface area contributed by atoms with Crippen LogP contribution in [-0.4, -0.2) is 29.8 Å². The third-order valence-electron chi connectivity index (χ3n) is 3.39. The predicted octanol–water partition coefficient (Wildman–Crippen LogP) is 4.37. The lowest BCUT2D eigenvalue weighted by atomic mass is 10.1. The van der Waals surface area contributed by atoms with Gasteiger partial charge in [-0.05, 0) is 31.2 Å². The number of benzene rings is 2. The van der Waals surface area contributed by atoms with Gasteiger partial charge < -0.3 is 10.2 Å². The number of likely N-dealkylation sites (N-methyl/N-ethyl adjacent to an activating group) is 1. The van der Waals surface area contributed by atoms with Gasteiger partial charge in [0.1, 0.15) is 18.2 Å². The van der Waals surface area contributed by atoms with Gasteiger partial charge in [0, 0.05) is 12.6 Å². The molecule has 132 valence electrons. The summed E-state index contributed by atoms with van der Waals surface area (Å²) in [5.74, 6) is -3.05. The van der Waals surface area contributed by atoms with Crippen molar-refractivity contribution in [3.8, 4) is 0 Å². The van der Waals surface area contributed by atoms with E-state index >= 15 is 0 Å². The second-order valence-corrected chi connectivity index (χ2v) is 5.90. The van der Waals surface area contributed by atoms with E-state index in [-0.39, 0.29) is 34.4 Å². The Hall–Kier alpha value is -2.18. The van der Waals surface area contributed by atoms with E-state index in [0.717, 1.165) is 17.0 Å². The molecule has 0 unspecified atom stereocenters. The van der Waals surface area contributed by atoms with Crippen LogP contribution in [-0.2, 0) is 4.79 Å². The van der Waals surface area contributed by atoms with Crippen molar-refractivity contribution in [1.29, 1.82) is 0 Å². The molecule has 0 radical (unpaired) electrons. The topological polar surface area (TPSA) is 49.4 Å². The van der Waals surface area contributed by atoms with Gasteiger partial charge >= 0.3 is 0 Å². The summed E-state index contributed by atoms with van der Waals surface area (Å²) in [6.07, 6.45) is 0. The summed E-state index contributed by atoms with van der Waals surface area (Å²) in [5.41, 5.74) is -0.0841. The molecule has 25 heavy (non-hydrogen) atoms. The first-order valence-electron chi connectivity index (χ1n) is 7.31. The fourth-order valence-electron chi connectivity index (χ4n) is 2.13. The summed E-state index contributed by atoms with van der Waals surface area (Å²) in [7, 11) is 0. The Balaban J connectivity index is 2.13. The van der Waals surface area contributed by atoms with Crippen LogP contribution >= 0.6 is 23.2 Å². The molecule has 0 atom stereocenters. The van der Waals surface area contributed by atoms with Crippen LogP contribution in [0.1, 0.15) is 17.3 Å². The molecule has 8 heteroatoms.